The Kier molecular flexibility index (Phi) is 4.55. The van der Waals surface area contributed by atoms with Crippen molar-refractivity contribution >= 4 is 23.0 Å². The van der Waals surface area contributed by atoms with Gasteiger partial charge in [-0.05, 0) is 31.9 Å². The molecule has 7 heteroatoms. The number of nitro benzene ring substituents is 1. The molecule has 1 aliphatic rings. The first-order valence-electron chi connectivity index (χ1n) is 6.18. The minimum Gasteiger partial charge on any atom is -0.379 e. The van der Waals surface area contributed by atoms with Gasteiger partial charge >= 0.3 is 0 Å². The highest BCUT2D eigenvalue weighted by Gasteiger charge is 2.18. The van der Waals surface area contributed by atoms with Gasteiger partial charge < -0.3 is 10.6 Å². The SMILES string of the molecule is O=[N+]([O-])c1cc(F)c(Cl)cc1NCCC1CCCN1. The van der Waals surface area contributed by atoms with Crippen LogP contribution in [0, 0.1) is 15.9 Å². The van der Waals surface area contributed by atoms with Crippen molar-refractivity contribution < 1.29 is 9.31 Å². The topological polar surface area (TPSA) is 67.2 Å². The van der Waals surface area contributed by atoms with Crippen LogP contribution in [0.25, 0.3) is 0 Å². The number of benzene rings is 1. The van der Waals surface area contributed by atoms with E-state index in [2.05, 4.69) is 10.6 Å². The van der Waals surface area contributed by atoms with Gasteiger partial charge in [0.25, 0.3) is 5.69 Å². The molecule has 19 heavy (non-hydrogen) atoms. The van der Waals surface area contributed by atoms with Crippen LogP contribution < -0.4 is 10.6 Å². The minimum absolute atomic E-state index is 0.118. The van der Waals surface area contributed by atoms with Gasteiger partial charge in [-0.1, -0.05) is 11.6 Å². The number of nitrogens with zero attached hydrogens (tertiary/aromatic N) is 1. The van der Waals surface area contributed by atoms with Gasteiger partial charge in [-0.3, -0.25) is 10.1 Å². The van der Waals surface area contributed by atoms with Gasteiger partial charge in [0, 0.05) is 12.6 Å². The fourth-order valence-corrected chi connectivity index (χ4v) is 2.38. The molecule has 1 aliphatic heterocycles. The molecule has 2 rings (SSSR count). The predicted molar refractivity (Wildman–Crippen MR) is 72.2 cm³/mol. The van der Waals surface area contributed by atoms with Crippen LogP contribution in [-0.2, 0) is 0 Å². The summed E-state index contributed by atoms with van der Waals surface area (Å²) >= 11 is 5.65. The Hall–Kier alpha value is -1.40. The molecule has 1 saturated heterocycles. The van der Waals surface area contributed by atoms with Gasteiger partial charge in [0.1, 0.15) is 11.5 Å². The zero-order valence-corrected chi connectivity index (χ0v) is 11.0. The Morgan fingerprint density at radius 2 is 2.37 bits per heavy atom. The van der Waals surface area contributed by atoms with Crippen LogP contribution in [0.1, 0.15) is 19.3 Å². The molecule has 1 aromatic rings. The molecule has 1 fully saturated rings. The van der Waals surface area contributed by atoms with E-state index in [-0.39, 0.29) is 16.4 Å². The molecule has 0 aromatic heterocycles. The molecular formula is C12H15ClFN3O2. The van der Waals surface area contributed by atoms with Gasteiger partial charge in [-0.2, -0.15) is 0 Å². The first kappa shape index (κ1) is 14.0. The van der Waals surface area contributed by atoms with Crippen molar-refractivity contribution in [2.45, 2.75) is 25.3 Å². The van der Waals surface area contributed by atoms with Gasteiger partial charge in [0.15, 0.2) is 0 Å². The van der Waals surface area contributed by atoms with E-state index in [1.165, 1.54) is 6.07 Å². The van der Waals surface area contributed by atoms with Crippen molar-refractivity contribution in [3.05, 3.63) is 33.1 Å². The molecular weight excluding hydrogens is 273 g/mol. The maximum absolute atomic E-state index is 13.2. The van der Waals surface area contributed by atoms with Crippen LogP contribution in [0.2, 0.25) is 5.02 Å². The third kappa shape index (κ3) is 3.54. The first-order valence-corrected chi connectivity index (χ1v) is 6.56. The summed E-state index contributed by atoms with van der Waals surface area (Å²) in [6.07, 6.45) is 3.15. The zero-order valence-electron chi connectivity index (χ0n) is 10.3. The average Bonchev–Trinajstić information content (AvgIpc) is 2.86. The smallest absolute Gasteiger partial charge is 0.295 e. The number of anilines is 1. The van der Waals surface area contributed by atoms with E-state index in [0.29, 0.717) is 12.6 Å². The molecule has 1 heterocycles. The highest BCUT2D eigenvalue weighted by atomic mass is 35.5. The lowest BCUT2D eigenvalue weighted by Crippen LogP contribution is -2.24. The lowest BCUT2D eigenvalue weighted by molar-refractivity contribution is -0.384. The summed E-state index contributed by atoms with van der Waals surface area (Å²) in [5.74, 6) is -0.781. The van der Waals surface area contributed by atoms with E-state index >= 15 is 0 Å². The van der Waals surface area contributed by atoms with Crippen LogP contribution in [0.4, 0.5) is 15.8 Å². The molecule has 0 bridgehead atoms. The van der Waals surface area contributed by atoms with Crippen LogP contribution in [0.15, 0.2) is 12.1 Å². The second-order valence-corrected chi connectivity index (χ2v) is 4.96. The summed E-state index contributed by atoms with van der Waals surface area (Å²) in [6.45, 7) is 1.60. The van der Waals surface area contributed by atoms with Crippen LogP contribution in [0.3, 0.4) is 0 Å². The molecule has 5 nitrogen and oxygen atoms in total. The zero-order chi connectivity index (χ0) is 13.8. The molecule has 0 aliphatic carbocycles. The Bertz CT molecular complexity index is 478. The fraction of sp³-hybridized carbons (Fsp3) is 0.500. The molecule has 0 amide bonds. The lowest BCUT2D eigenvalue weighted by atomic mass is 10.1. The maximum atomic E-state index is 13.2. The van der Waals surface area contributed by atoms with Crippen LogP contribution >= 0.6 is 11.6 Å². The summed E-state index contributed by atoms with van der Waals surface area (Å²) in [7, 11) is 0. The number of hydrogen-bond acceptors (Lipinski definition) is 4. The minimum atomic E-state index is -0.781. The van der Waals surface area contributed by atoms with Crippen molar-refractivity contribution in [3.8, 4) is 0 Å². The second kappa shape index (κ2) is 6.16. The Morgan fingerprint density at radius 3 is 3.00 bits per heavy atom. The first-order chi connectivity index (χ1) is 9.08. The highest BCUT2D eigenvalue weighted by molar-refractivity contribution is 6.31. The molecule has 0 spiro atoms. The summed E-state index contributed by atoms with van der Waals surface area (Å²) in [5.41, 5.74) is -0.0318. The van der Waals surface area contributed by atoms with Crippen molar-refractivity contribution in [3.63, 3.8) is 0 Å². The summed E-state index contributed by atoms with van der Waals surface area (Å²) in [5, 5.41) is 17.0. The molecule has 0 saturated carbocycles. The van der Waals surface area contributed by atoms with Crippen LogP contribution in [0.5, 0.6) is 0 Å². The Labute approximate surface area is 115 Å². The Morgan fingerprint density at radius 1 is 1.58 bits per heavy atom. The predicted octanol–water partition coefficient (Wildman–Crippen LogP) is 2.94. The largest absolute Gasteiger partial charge is 0.379 e. The molecule has 2 N–H and O–H groups in total. The van der Waals surface area contributed by atoms with Gasteiger partial charge in [0.2, 0.25) is 0 Å². The molecule has 1 unspecified atom stereocenters. The number of hydrogen-bond donors (Lipinski definition) is 2. The Balaban J connectivity index is 2.01. The van der Waals surface area contributed by atoms with Crippen LogP contribution in [-0.4, -0.2) is 24.1 Å². The van der Waals surface area contributed by atoms with E-state index < -0.39 is 10.7 Å². The van der Waals surface area contributed by atoms with E-state index in [9.17, 15) is 14.5 Å². The molecule has 1 atom stereocenters. The van der Waals surface area contributed by atoms with E-state index in [1.54, 1.807) is 0 Å². The van der Waals surface area contributed by atoms with E-state index in [4.69, 9.17) is 11.6 Å². The number of rotatable bonds is 5. The highest BCUT2D eigenvalue weighted by Crippen LogP contribution is 2.30. The summed E-state index contributed by atoms with van der Waals surface area (Å²) < 4.78 is 13.2. The molecule has 0 radical (unpaired) electrons. The third-order valence-electron chi connectivity index (χ3n) is 3.21. The standard InChI is InChI=1S/C12H15ClFN3O2/c13-9-6-11(12(17(18)19)7-10(9)14)16-5-3-8-2-1-4-15-8/h6-8,15-16H,1-5H2. The summed E-state index contributed by atoms with van der Waals surface area (Å²) in [6, 6.07) is 2.55. The molecule has 1 aromatic carbocycles. The van der Waals surface area contributed by atoms with Crippen molar-refractivity contribution in [2.75, 3.05) is 18.4 Å². The lowest BCUT2D eigenvalue weighted by Gasteiger charge is -2.12. The fourth-order valence-electron chi connectivity index (χ4n) is 2.21. The normalized spacial score (nSPS) is 18.5. The quantitative estimate of drug-likeness (QED) is 0.645. The monoisotopic (exact) mass is 287 g/mol. The van der Waals surface area contributed by atoms with Gasteiger partial charge in [0.05, 0.1) is 16.0 Å². The summed E-state index contributed by atoms with van der Waals surface area (Å²) in [4.78, 5) is 10.2. The number of nitro groups is 1. The average molecular weight is 288 g/mol. The van der Waals surface area contributed by atoms with Gasteiger partial charge in [-0.15, -0.1) is 0 Å². The maximum Gasteiger partial charge on any atom is 0.295 e. The number of halogens is 2. The van der Waals surface area contributed by atoms with E-state index in [1.807, 2.05) is 0 Å². The van der Waals surface area contributed by atoms with Crippen molar-refractivity contribution in [2.24, 2.45) is 0 Å². The molecule has 104 valence electrons. The van der Waals surface area contributed by atoms with Crippen molar-refractivity contribution in [1.82, 2.24) is 5.32 Å². The van der Waals surface area contributed by atoms with E-state index in [0.717, 1.165) is 31.9 Å². The third-order valence-corrected chi connectivity index (χ3v) is 3.50. The second-order valence-electron chi connectivity index (χ2n) is 4.55. The van der Waals surface area contributed by atoms with Gasteiger partial charge in [-0.25, -0.2) is 4.39 Å². The van der Waals surface area contributed by atoms with Crippen molar-refractivity contribution in [1.29, 1.82) is 0 Å². The number of nitrogens with one attached hydrogen (secondary N) is 2.